The normalized spacial score (nSPS) is 21.3. The van der Waals surface area contributed by atoms with Crippen molar-refractivity contribution in [2.75, 3.05) is 19.6 Å². The zero-order valence-corrected chi connectivity index (χ0v) is 17.1. The van der Waals surface area contributed by atoms with Crippen molar-refractivity contribution in [1.29, 1.82) is 0 Å². The lowest BCUT2D eigenvalue weighted by molar-refractivity contribution is -0.138. The summed E-state index contributed by atoms with van der Waals surface area (Å²) in [6.07, 6.45) is 6.18. The van der Waals surface area contributed by atoms with Crippen molar-refractivity contribution in [2.45, 2.75) is 51.0 Å². The van der Waals surface area contributed by atoms with Crippen LogP contribution in [0.15, 0.2) is 53.1 Å². The summed E-state index contributed by atoms with van der Waals surface area (Å²) in [6, 6.07) is 14.3. The smallest absolute Gasteiger partial charge is 0.289 e. The van der Waals surface area contributed by atoms with Crippen molar-refractivity contribution < 1.29 is 14.0 Å². The number of nitrogens with zero attached hydrogens (tertiary/aromatic N) is 2. The lowest BCUT2D eigenvalue weighted by Crippen LogP contribution is -2.47. The van der Waals surface area contributed by atoms with Crippen LogP contribution in [0.3, 0.4) is 0 Å². The van der Waals surface area contributed by atoms with Crippen molar-refractivity contribution in [2.24, 2.45) is 5.92 Å². The van der Waals surface area contributed by atoms with Gasteiger partial charge < -0.3 is 14.2 Å². The molecule has 4 rings (SSSR count). The molecule has 0 spiro atoms. The number of benzene rings is 1. The lowest BCUT2D eigenvalue weighted by atomic mass is 9.86. The van der Waals surface area contributed by atoms with Crippen LogP contribution in [0.2, 0.25) is 0 Å². The Morgan fingerprint density at radius 3 is 2.45 bits per heavy atom. The van der Waals surface area contributed by atoms with E-state index < -0.39 is 0 Å². The predicted octanol–water partition coefficient (Wildman–Crippen LogP) is 4.32. The van der Waals surface area contributed by atoms with E-state index in [2.05, 4.69) is 36.1 Å². The summed E-state index contributed by atoms with van der Waals surface area (Å²) in [6.45, 7) is 4.31. The minimum absolute atomic E-state index is 0.0181. The summed E-state index contributed by atoms with van der Waals surface area (Å²) >= 11 is 0. The summed E-state index contributed by atoms with van der Waals surface area (Å²) < 4.78 is 5.23. The lowest BCUT2D eigenvalue weighted by Gasteiger charge is -2.37. The maximum Gasteiger partial charge on any atom is 0.289 e. The second-order valence-corrected chi connectivity index (χ2v) is 8.21. The summed E-state index contributed by atoms with van der Waals surface area (Å²) in [5.74, 6) is 0.998. The number of piperidine rings is 1. The molecule has 2 aliphatic heterocycles. The van der Waals surface area contributed by atoms with Crippen molar-refractivity contribution >= 4 is 11.8 Å². The number of carbonyl (C=O) groups excluding carboxylic acids is 2. The second kappa shape index (κ2) is 8.85. The molecule has 3 heterocycles. The van der Waals surface area contributed by atoms with E-state index in [1.807, 2.05) is 11.0 Å². The van der Waals surface area contributed by atoms with Crippen LogP contribution in [0, 0.1) is 5.92 Å². The zero-order valence-electron chi connectivity index (χ0n) is 17.1. The molecular formula is C24H30N2O3. The van der Waals surface area contributed by atoms with E-state index in [4.69, 9.17) is 4.42 Å². The molecule has 0 unspecified atom stereocenters. The highest BCUT2D eigenvalue weighted by Gasteiger charge is 2.38. The Hall–Kier alpha value is -2.56. The molecule has 2 aromatic rings. The average Bonchev–Trinajstić information content (AvgIpc) is 3.47. The molecule has 2 amide bonds. The maximum atomic E-state index is 13.4. The van der Waals surface area contributed by atoms with Gasteiger partial charge in [-0.05, 0) is 49.8 Å². The van der Waals surface area contributed by atoms with E-state index >= 15 is 0 Å². The molecule has 5 heteroatoms. The Morgan fingerprint density at radius 1 is 1.03 bits per heavy atom. The van der Waals surface area contributed by atoms with Crippen LogP contribution >= 0.6 is 0 Å². The molecular weight excluding hydrogens is 364 g/mol. The third kappa shape index (κ3) is 4.09. The highest BCUT2D eigenvalue weighted by atomic mass is 16.3. The minimum atomic E-state index is -0.0740. The Kier molecular flexibility index (Phi) is 6.02. The van der Waals surface area contributed by atoms with Gasteiger partial charge in [0.1, 0.15) is 0 Å². The van der Waals surface area contributed by atoms with Gasteiger partial charge in [0.25, 0.3) is 5.91 Å². The average molecular weight is 395 g/mol. The van der Waals surface area contributed by atoms with Crippen molar-refractivity contribution in [3.63, 3.8) is 0 Å². The van der Waals surface area contributed by atoms with Crippen LogP contribution in [0.1, 0.15) is 61.1 Å². The molecule has 2 aliphatic rings. The molecule has 2 saturated heterocycles. The summed E-state index contributed by atoms with van der Waals surface area (Å²) in [7, 11) is 0. The molecule has 29 heavy (non-hydrogen) atoms. The number of amides is 2. The molecule has 1 aromatic carbocycles. The Morgan fingerprint density at radius 2 is 1.79 bits per heavy atom. The zero-order chi connectivity index (χ0) is 20.2. The first-order valence-electron chi connectivity index (χ1n) is 10.9. The largest absolute Gasteiger partial charge is 0.459 e. The van der Waals surface area contributed by atoms with Gasteiger partial charge in [-0.15, -0.1) is 0 Å². The van der Waals surface area contributed by atoms with E-state index in [-0.39, 0.29) is 23.8 Å². The fourth-order valence-corrected chi connectivity index (χ4v) is 5.03. The highest BCUT2D eigenvalue weighted by molar-refractivity contribution is 5.91. The first kappa shape index (κ1) is 19.7. The van der Waals surface area contributed by atoms with Gasteiger partial charge in [0, 0.05) is 37.5 Å². The summed E-state index contributed by atoms with van der Waals surface area (Å²) in [5.41, 5.74) is 1.33. The standard InChI is InChI=1S/C24H30N2O3/c1-2-20(18-8-4-3-5-9-18)21-10-6-14-26(21)23(27)19-12-15-25(16-13-19)24(28)22-11-7-17-29-22/h3-5,7-9,11,17,19-21H,2,6,10,12-16H2,1H3/t20-,21+/m0/s1. The molecule has 0 radical (unpaired) electrons. The Bertz CT molecular complexity index is 810. The predicted molar refractivity (Wildman–Crippen MR) is 112 cm³/mol. The van der Waals surface area contributed by atoms with Crippen molar-refractivity contribution in [3.8, 4) is 0 Å². The van der Waals surface area contributed by atoms with Crippen LogP contribution in [-0.4, -0.2) is 47.3 Å². The van der Waals surface area contributed by atoms with E-state index in [9.17, 15) is 9.59 Å². The summed E-state index contributed by atoms with van der Waals surface area (Å²) in [5, 5.41) is 0. The third-order valence-electron chi connectivity index (χ3n) is 6.58. The molecule has 1 aromatic heterocycles. The van der Waals surface area contributed by atoms with Crippen LogP contribution in [-0.2, 0) is 4.79 Å². The van der Waals surface area contributed by atoms with Crippen LogP contribution in [0.25, 0.3) is 0 Å². The van der Waals surface area contributed by atoms with Gasteiger partial charge >= 0.3 is 0 Å². The number of hydrogen-bond acceptors (Lipinski definition) is 3. The van der Waals surface area contributed by atoms with Crippen molar-refractivity contribution in [3.05, 3.63) is 60.1 Å². The first-order chi connectivity index (χ1) is 14.2. The van der Waals surface area contributed by atoms with E-state index in [1.165, 1.54) is 11.8 Å². The van der Waals surface area contributed by atoms with Gasteiger partial charge in [0.2, 0.25) is 5.91 Å². The molecule has 2 atom stereocenters. The fourth-order valence-electron chi connectivity index (χ4n) is 5.03. The quantitative estimate of drug-likeness (QED) is 0.759. The van der Waals surface area contributed by atoms with Crippen LogP contribution in [0.4, 0.5) is 0 Å². The number of rotatable bonds is 5. The van der Waals surface area contributed by atoms with Gasteiger partial charge in [0.05, 0.1) is 6.26 Å². The molecule has 5 nitrogen and oxygen atoms in total. The molecule has 2 fully saturated rings. The molecule has 0 N–H and O–H groups in total. The SMILES string of the molecule is CC[C@@H](c1ccccc1)[C@H]1CCCN1C(=O)C1CCN(C(=O)c2ccco2)CC1. The number of hydrogen-bond donors (Lipinski definition) is 0. The number of likely N-dealkylation sites (tertiary alicyclic amines) is 2. The Balaban J connectivity index is 1.39. The van der Waals surface area contributed by atoms with Crippen LogP contribution < -0.4 is 0 Å². The topological polar surface area (TPSA) is 53.8 Å². The number of furan rings is 1. The van der Waals surface area contributed by atoms with Gasteiger partial charge in [-0.2, -0.15) is 0 Å². The fraction of sp³-hybridized carbons (Fsp3) is 0.500. The van der Waals surface area contributed by atoms with Gasteiger partial charge in [-0.25, -0.2) is 0 Å². The van der Waals surface area contributed by atoms with Gasteiger partial charge in [-0.3, -0.25) is 9.59 Å². The third-order valence-corrected chi connectivity index (χ3v) is 6.58. The second-order valence-electron chi connectivity index (χ2n) is 8.21. The van der Waals surface area contributed by atoms with E-state index in [0.717, 1.165) is 38.6 Å². The first-order valence-corrected chi connectivity index (χ1v) is 10.9. The van der Waals surface area contributed by atoms with Gasteiger partial charge in [-0.1, -0.05) is 37.3 Å². The Labute approximate surface area is 172 Å². The monoisotopic (exact) mass is 394 g/mol. The molecule has 154 valence electrons. The number of carbonyl (C=O) groups is 2. The van der Waals surface area contributed by atoms with Gasteiger partial charge in [0.15, 0.2) is 5.76 Å². The van der Waals surface area contributed by atoms with E-state index in [0.29, 0.717) is 24.8 Å². The molecule has 0 aliphatic carbocycles. The summed E-state index contributed by atoms with van der Waals surface area (Å²) in [4.78, 5) is 29.8. The van der Waals surface area contributed by atoms with Crippen molar-refractivity contribution in [1.82, 2.24) is 9.80 Å². The molecule has 0 bridgehead atoms. The minimum Gasteiger partial charge on any atom is -0.459 e. The molecule has 0 saturated carbocycles. The highest BCUT2D eigenvalue weighted by Crippen LogP contribution is 2.35. The van der Waals surface area contributed by atoms with Crippen LogP contribution in [0.5, 0.6) is 0 Å². The maximum absolute atomic E-state index is 13.4. The van der Waals surface area contributed by atoms with E-state index in [1.54, 1.807) is 12.1 Å².